The molecule has 1 aromatic heterocycles. The maximum Gasteiger partial charge on any atom is 0.274 e. The molecule has 1 amide bonds. The minimum Gasteiger partial charge on any atom is -0.348 e. The molecule has 30 heavy (non-hydrogen) atoms. The SMILES string of the molecule is CCC(NC(=O)CN(c1ccc(F)cc1)S(=O)(=O)c1cccs1)c1ccc(C)cc1. The Morgan fingerprint density at radius 1 is 1.10 bits per heavy atom. The quantitative estimate of drug-likeness (QED) is 0.547. The molecular formula is C22H23FN2O3S2. The van der Waals surface area contributed by atoms with Gasteiger partial charge in [-0.1, -0.05) is 42.8 Å². The molecule has 1 heterocycles. The maximum atomic E-state index is 13.4. The van der Waals surface area contributed by atoms with Crippen LogP contribution in [0.25, 0.3) is 0 Å². The molecule has 8 heteroatoms. The highest BCUT2D eigenvalue weighted by Gasteiger charge is 2.28. The van der Waals surface area contributed by atoms with E-state index in [1.807, 2.05) is 38.1 Å². The fourth-order valence-electron chi connectivity index (χ4n) is 3.03. The number of benzene rings is 2. The van der Waals surface area contributed by atoms with Crippen molar-refractivity contribution in [3.05, 3.63) is 83.0 Å². The number of hydrogen-bond acceptors (Lipinski definition) is 4. The smallest absolute Gasteiger partial charge is 0.274 e. The third-order valence-electron chi connectivity index (χ3n) is 4.66. The zero-order valence-corrected chi connectivity index (χ0v) is 18.3. The zero-order valence-electron chi connectivity index (χ0n) is 16.7. The molecule has 1 N–H and O–H groups in total. The largest absolute Gasteiger partial charge is 0.348 e. The van der Waals surface area contributed by atoms with Gasteiger partial charge in [-0.05, 0) is 54.6 Å². The summed E-state index contributed by atoms with van der Waals surface area (Å²) in [6.45, 7) is 3.53. The van der Waals surface area contributed by atoms with Crippen LogP contribution in [-0.4, -0.2) is 20.9 Å². The monoisotopic (exact) mass is 446 g/mol. The van der Waals surface area contributed by atoms with Crippen molar-refractivity contribution in [2.24, 2.45) is 0 Å². The highest BCUT2D eigenvalue weighted by Crippen LogP contribution is 2.27. The van der Waals surface area contributed by atoms with Gasteiger partial charge in [-0.3, -0.25) is 9.10 Å². The number of nitrogens with zero attached hydrogens (tertiary/aromatic N) is 1. The zero-order chi connectivity index (χ0) is 21.7. The summed E-state index contributed by atoms with van der Waals surface area (Å²) in [6, 6.07) is 15.8. The lowest BCUT2D eigenvalue weighted by Gasteiger charge is -2.25. The molecule has 0 aliphatic rings. The summed E-state index contributed by atoms with van der Waals surface area (Å²) in [7, 11) is -3.96. The van der Waals surface area contributed by atoms with E-state index in [-0.39, 0.29) is 15.9 Å². The lowest BCUT2D eigenvalue weighted by molar-refractivity contribution is -0.120. The Morgan fingerprint density at radius 2 is 1.77 bits per heavy atom. The number of amides is 1. The molecule has 0 spiro atoms. The molecule has 0 bridgehead atoms. The Labute approximate surface area is 180 Å². The molecule has 2 aromatic carbocycles. The summed E-state index contributed by atoms with van der Waals surface area (Å²) in [5.74, 6) is -0.922. The van der Waals surface area contributed by atoms with Crippen LogP contribution in [0.1, 0.15) is 30.5 Å². The molecule has 0 aliphatic carbocycles. The lowest BCUT2D eigenvalue weighted by Crippen LogP contribution is -2.41. The molecule has 1 unspecified atom stereocenters. The molecule has 0 fully saturated rings. The second kappa shape index (κ2) is 9.40. The van der Waals surface area contributed by atoms with Gasteiger partial charge in [0.2, 0.25) is 5.91 Å². The lowest BCUT2D eigenvalue weighted by atomic mass is 10.0. The van der Waals surface area contributed by atoms with Gasteiger partial charge in [0, 0.05) is 0 Å². The van der Waals surface area contributed by atoms with Crippen LogP contribution in [0.5, 0.6) is 0 Å². The van der Waals surface area contributed by atoms with E-state index in [0.717, 1.165) is 26.8 Å². The normalized spacial score (nSPS) is 12.4. The highest BCUT2D eigenvalue weighted by atomic mass is 32.2. The first-order valence-corrected chi connectivity index (χ1v) is 11.8. The summed E-state index contributed by atoms with van der Waals surface area (Å²) in [6.07, 6.45) is 0.656. The Morgan fingerprint density at radius 3 is 2.33 bits per heavy atom. The molecule has 0 saturated carbocycles. The van der Waals surface area contributed by atoms with Crippen LogP contribution in [0.4, 0.5) is 10.1 Å². The number of carbonyl (C=O) groups is 1. The van der Waals surface area contributed by atoms with E-state index >= 15 is 0 Å². The van der Waals surface area contributed by atoms with Gasteiger partial charge in [-0.2, -0.15) is 0 Å². The van der Waals surface area contributed by atoms with Gasteiger partial charge in [0.1, 0.15) is 16.6 Å². The molecule has 0 aliphatic heterocycles. The summed E-state index contributed by atoms with van der Waals surface area (Å²) < 4.78 is 40.8. The van der Waals surface area contributed by atoms with Gasteiger partial charge in [-0.15, -0.1) is 11.3 Å². The van der Waals surface area contributed by atoms with Gasteiger partial charge in [0.05, 0.1) is 11.7 Å². The predicted octanol–water partition coefficient (Wildman–Crippen LogP) is 4.66. The van der Waals surface area contributed by atoms with Crippen molar-refractivity contribution in [2.45, 2.75) is 30.5 Å². The first-order chi connectivity index (χ1) is 14.3. The minimum absolute atomic E-state index is 0.116. The first-order valence-electron chi connectivity index (χ1n) is 9.49. The second-order valence-electron chi connectivity index (χ2n) is 6.86. The van der Waals surface area contributed by atoms with Crippen LogP contribution >= 0.6 is 11.3 Å². The molecule has 158 valence electrons. The van der Waals surface area contributed by atoms with Crippen LogP contribution < -0.4 is 9.62 Å². The molecule has 1 atom stereocenters. The fraction of sp³-hybridized carbons (Fsp3) is 0.227. The number of nitrogens with one attached hydrogen (secondary N) is 1. The molecular weight excluding hydrogens is 423 g/mol. The van der Waals surface area contributed by atoms with Crippen LogP contribution in [0.2, 0.25) is 0 Å². The number of anilines is 1. The molecule has 3 rings (SSSR count). The van der Waals surface area contributed by atoms with Gasteiger partial charge < -0.3 is 5.32 Å². The van der Waals surface area contributed by atoms with Crippen LogP contribution in [0.15, 0.2) is 70.3 Å². The van der Waals surface area contributed by atoms with Crippen molar-refractivity contribution in [1.29, 1.82) is 0 Å². The number of sulfonamides is 1. The molecule has 5 nitrogen and oxygen atoms in total. The predicted molar refractivity (Wildman–Crippen MR) is 118 cm³/mol. The van der Waals surface area contributed by atoms with E-state index in [9.17, 15) is 17.6 Å². The second-order valence-corrected chi connectivity index (χ2v) is 9.90. The Hall–Kier alpha value is -2.71. The van der Waals surface area contributed by atoms with Crippen molar-refractivity contribution in [1.82, 2.24) is 5.32 Å². The molecule has 0 saturated heterocycles. The Kier molecular flexibility index (Phi) is 6.89. The Balaban J connectivity index is 1.86. The number of carbonyl (C=O) groups excluding carboxylic acids is 1. The van der Waals surface area contributed by atoms with E-state index in [4.69, 9.17) is 0 Å². The van der Waals surface area contributed by atoms with Crippen molar-refractivity contribution in [2.75, 3.05) is 10.8 Å². The topological polar surface area (TPSA) is 66.5 Å². The summed E-state index contributed by atoms with van der Waals surface area (Å²) in [5.41, 5.74) is 2.29. The van der Waals surface area contributed by atoms with Crippen molar-refractivity contribution in [3.8, 4) is 0 Å². The Bertz CT molecular complexity index is 1080. The van der Waals surface area contributed by atoms with Gasteiger partial charge >= 0.3 is 0 Å². The summed E-state index contributed by atoms with van der Waals surface area (Å²) in [5, 5.41) is 4.57. The van der Waals surface area contributed by atoms with Crippen molar-refractivity contribution < 1.29 is 17.6 Å². The van der Waals surface area contributed by atoms with Crippen molar-refractivity contribution in [3.63, 3.8) is 0 Å². The number of halogens is 1. The summed E-state index contributed by atoms with van der Waals surface area (Å²) in [4.78, 5) is 12.8. The van der Waals surface area contributed by atoms with E-state index in [1.54, 1.807) is 11.4 Å². The van der Waals surface area contributed by atoms with E-state index < -0.39 is 28.3 Å². The highest BCUT2D eigenvalue weighted by molar-refractivity contribution is 7.94. The minimum atomic E-state index is -3.96. The van der Waals surface area contributed by atoms with Crippen LogP contribution in [0.3, 0.4) is 0 Å². The average Bonchev–Trinajstić information content (AvgIpc) is 3.27. The van der Waals surface area contributed by atoms with E-state index in [2.05, 4.69) is 5.32 Å². The van der Waals surface area contributed by atoms with E-state index in [1.165, 1.54) is 30.3 Å². The summed E-state index contributed by atoms with van der Waals surface area (Å²) >= 11 is 1.06. The third-order valence-corrected chi connectivity index (χ3v) is 7.81. The standard InChI is InChI=1S/C22H23FN2O3S2/c1-3-20(17-8-6-16(2)7-9-17)24-21(26)15-25(19-12-10-18(23)11-13-19)30(27,28)22-5-4-14-29-22/h4-14,20H,3,15H2,1-2H3,(H,24,26). The fourth-order valence-corrected chi connectivity index (χ4v) is 5.56. The molecule has 0 radical (unpaired) electrons. The van der Waals surface area contributed by atoms with Gasteiger partial charge in [-0.25, -0.2) is 12.8 Å². The van der Waals surface area contributed by atoms with E-state index in [0.29, 0.717) is 6.42 Å². The molecule has 3 aromatic rings. The van der Waals surface area contributed by atoms with Gasteiger partial charge in [0.25, 0.3) is 10.0 Å². The van der Waals surface area contributed by atoms with Crippen LogP contribution in [-0.2, 0) is 14.8 Å². The van der Waals surface area contributed by atoms with Crippen LogP contribution in [0, 0.1) is 12.7 Å². The average molecular weight is 447 g/mol. The number of aryl methyl sites for hydroxylation is 1. The van der Waals surface area contributed by atoms with Crippen molar-refractivity contribution >= 4 is 33.0 Å². The van der Waals surface area contributed by atoms with Gasteiger partial charge in [0.15, 0.2) is 0 Å². The number of rotatable bonds is 8. The number of thiophene rings is 1. The first kappa shape index (κ1) is 22.0. The third kappa shape index (κ3) is 5.06. The maximum absolute atomic E-state index is 13.4. The number of hydrogen-bond donors (Lipinski definition) is 1.